The molecule has 0 saturated heterocycles. The molecule has 0 spiro atoms. The summed E-state index contributed by atoms with van der Waals surface area (Å²) in [5, 5.41) is 3.84. The first-order chi connectivity index (χ1) is 14.1. The number of benzene rings is 2. The summed E-state index contributed by atoms with van der Waals surface area (Å²) in [6.45, 7) is 0.365. The Kier molecular flexibility index (Phi) is 7.33. The molecule has 0 atom stereocenters. The van der Waals surface area contributed by atoms with E-state index in [1.165, 1.54) is 0 Å². The number of anilines is 1. The number of ether oxygens (including phenoxy) is 2. The second kappa shape index (κ2) is 10.1. The fraction of sp³-hybridized carbons (Fsp3) is 0.182. The Morgan fingerprint density at radius 3 is 2.62 bits per heavy atom. The summed E-state index contributed by atoms with van der Waals surface area (Å²) < 4.78 is 11.2. The van der Waals surface area contributed by atoms with Crippen molar-refractivity contribution in [1.82, 2.24) is 4.98 Å². The van der Waals surface area contributed by atoms with E-state index in [0.29, 0.717) is 40.3 Å². The smallest absolute Gasteiger partial charge is 0.224 e. The molecule has 0 radical (unpaired) electrons. The summed E-state index contributed by atoms with van der Waals surface area (Å²) in [5.74, 6) is 0.994. The second-order valence-electron chi connectivity index (χ2n) is 6.27. The first-order valence-corrected chi connectivity index (χ1v) is 9.75. The number of halogens is 2. The molecule has 29 heavy (non-hydrogen) atoms. The monoisotopic (exact) mass is 430 g/mol. The number of hydrogen-bond acceptors (Lipinski definition) is 4. The first kappa shape index (κ1) is 21.0. The molecule has 1 heterocycles. The third-order valence-corrected chi connectivity index (χ3v) is 5.10. The zero-order valence-corrected chi connectivity index (χ0v) is 17.3. The predicted molar refractivity (Wildman–Crippen MR) is 115 cm³/mol. The molecule has 0 unspecified atom stereocenters. The van der Waals surface area contributed by atoms with Crippen molar-refractivity contribution in [3.63, 3.8) is 0 Å². The van der Waals surface area contributed by atoms with E-state index in [0.717, 1.165) is 11.1 Å². The standard InChI is InChI=1S/C22H20Cl2N2O3/c1-28-19-7-6-17(13-20(19)29-14-15-9-11-25-12-10-15)26-21(27)8-5-16-3-2-4-18(23)22(16)24/h2-4,6-7,9-13H,5,8,14H2,1H3,(H,26,27). The maximum atomic E-state index is 12.4. The van der Waals surface area contributed by atoms with Crippen molar-refractivity contribution in [2.45, 2.75) is 19.4 Å². The highest BCUT2D eigenvalue weighted by Gasteiger charge is 2.11. The molecular formula is C22H20Cl2N2O3. The van der Waals surface area contributed by atoms with Crippen molar-refractivity contribution >= 4 is 34.8 Å². The molecule has 0 aliphatic carbocycles. The van der Waals surface area contributed by atoms with E-state index >= 15 is 0 Å². The number of methoxy groups -OCH3 is 1. The number of aryl methyl sites for hydroxylation is 1. The maximum Gasteiger partial charge on any atom is 0.224 e. The SMILES string of the molecule is COc1ccc(NC(=O)CCc2cccc(Cl)c2Cl)cc1OCc1ccncc1. The molecule has 3 aromatic rings. The molecule has 0 aliphatic heterocycles. The number of aromatic nitrogens is 1. The van der Waals surface area contributed by atoms with Crippen molar-refractivity contribution in [1.29, 1.82) is 0 Å². The largest absolute Gasteiger partial charge is 0.493 e. The van der Waals surface area contributed by atoms with Crippen LogP contribution in [0.5, 0.6) is 11.5 Å². The van der Waals surface area contributed by atoms with Crippen molar-refractivity contribution in [3.05, 3.63) is 82.1 Å². The Balaban J connectivity index is 1.62. The van der Waals surface area contributed by atoms with Gasteiger partial charge in [0.15, 0.2) is 11.5 Å². The average Bonchev–Trinajstić information content (AvgIpc) is 2.74. The van der Waals surface area contributed by atoms with Gasteiger partial charge in [-0.2, -0.15) is 0 Å². The summed E-state index contributed by atoms with van der Waals surface area (Å²) in [6.07, 6.45) is 4.18. The van der Waals surface area contributed by atoms with E-state index in [1.54, 1.807) is 43.8 Å². The number of amides is 1. The van der Waals surface area contributed by atoms with E-state index in [1.807, 2.05) is 24.3 Å². The van der Waals surface area contributed by atoms with Crippen molar-refractivity contribution in [2.75, 3.05) is 12.4 Å². The molecule has 3 rings (SSSR count). The number of carbonyl (C=O) groups is 1. The van der Waals surface area contributed by atoms with Gasteiger partial charge in [-0.15, -0.1) is 0 Å². The molecule has 1 N–H and O–H groups in total. The van der Waals surface area contributed by atoms with Gasteiger partial charge >= 0.3 is 0 Å². The maximum absolute atomic E-state index is 12.4. The van der Waals surface area contributed by atoms with Gasteiger partial charge in [0.1, 0.15) is 6.61 Å². The minimum atomic E-state index is -0.133. The fourth-order valence-electron chi connectivity index (χ4n) is 2.72. The number of rotatable bonds is 8. The number of nitrogens with zero attached hydrogens (tertiary/aromatic N) is 1. The molecule has 1 aromatic heterocycles. The van der Waals surface area contributed by atoms with Crippen LogP contribution in [0.15, 0.2) is 60.9 Å². The van der Waals surface area contributed by atoms with E-state index in [-0.39, 0.29) is 12.3 Å². The van der Waals surface area contributed by atoms with Gasteiger partial charge < -0.3 is 14.8 Å². The van der Waals surface area contributed by atoms with Crippen LogP contribution in [-0.2, 0) is 17.8 Å². The summed E-state index contributed by atoms with van der Waals surface area (Å²) in [5.41, 5.74) is 2.44. The van der Waals surface area contributed by atoms with Crippen LogP contribution in [0.2, 0.25) is 10.0 Å². The normalized spacial score (nSPS) is 10.4. The molecule has 0 saturated carbocycles. The fourth-order valence-corrected chi connectivity index (χ4v) is 3.14. The minimum absolute atomic E-state index is 0.133. The van der Waals surface area contributed by atoms with Gasteiger partial charge in [0.25, 0.3) is 0 Å². The van der Waals surface area contributed by atoms with Crippen LogP contribution in [0.25, 0.3) is 0 Å². The van der Waals surface area contributed by atoms with E-state index in [2.05, 4.69) is 10.3 Å². The highest BCUT2D eigenvalue weighted by molar-refractivity contribution is 6.42. The Labute approximate surface area is 179 Å². The minimum Gasteiger partial charge on any atom is -0.493 e. The van der Waals surface area contributed by atoms with Crippen molar-refractivity contribution < 1.29 is 14.3 Å². The molecule has 5 nitrogen and oxygen atoms in total. The average molecular weight is 431 g/mol. The quantitative estimate of drug-likeness (QED) is 0.508. The van der Waals surface area contributed by atoms with Crippen LogP contribution < -0.4 is 14.8 Å². The number of nitrogens with one attached hydrogen (secondary N) is 1. The zero-order chi connectivity index (χ0) is 20.6. The van der Waals surface area contributed by atoms with Crippen LogP contribution in [0.3, 0.4) is 0 Å². The van der Waals surface area contributed by atoms with Crippen molar-refractivity contribution in [3.8, 4) is 11.5 Å². The lowest BCUT2D eigenvalue weighted by atomic mass is 10.1. The van der Waals surface area contributed by atoms with E-state index in [9.17, 15) is 4.79 Å². The summed E-state index contributed by atoms with van der Waals surface area (Å²) >= 11 is 12.2. The third kappa shape index (κ3) is 5.86. The second-order valence-corrected chi connectivity index (χ2v) is 7.06. The molecular weight excluding hydrogens is 411 g/mol. The van der Waals surface area contributed by atoms with Gasteiger partial charge in [-0.05, 0) is 47.9 Å². The summed E-state index contributed by atoms with van der Waals surface area (Å²) in [7, 11) is 1.57. The van der Waals surface area contributed by atoms with E-state index in [4.69, 9.17) is 32.7 Å². The predicted octanol–water partition coefficient (Wildman–Crippen LogP) is 5.55. The number of hydrogen-bond donors (Lipinski definition) is 1. The molecule has 150 valence electrons. The zero-order valence-electron chi connectivity index (χ0n) is 15.8. The van der Waals surface area contributed by atoms with Gasteiger partial charge in [-0.25, -0.2) is 0 Å². The van der Waals surface area contributed by atoms with Crippen LogP contribution in [0.1, 0.15) is 17.5 Å². The molecule has 0 fully saturated rings. The van der Waals surface area contributed by atoms with Crippen LogP contribution in [-0.4, -0.2) is 18.0 Å². The molecule has 7 heteroatoms. The van der Waals surface area contributed by atoms with E-state index < -0.39 is 0 Å². The number of pyridine rings is 1. The molecule has 2 aromatic carbocycles. The number of carbonyl (C=O) groups excluding carboxylic acids is 1. The summed E-state index contributed by atoms with van der Waals surface area (Å²) in [6, 6.07) is 14.4. The lowest BCUT2D eigenvalue weighted by Gasteiger charge is -2.13. The molecule has 1 amide bonds. The third-order valence-electron chi connectivity index (χ3n) is 4.24. The van der Waals surface area contributed by atoms with Crippen LogP contribution in [0, 0.1) is 0 Å². The van der Waals surface area contributed by atoms with Gasteiger partial charge in [0.2, 0.25) is 5.91 Å². The van der Waals surface area contributed by atoms with Gasteiger partial charge in [-0.3, -0.25) is 9.78 Å². The lowest BCUT2D eigenvalue weighted by Crippen LogP contribution is -2.12. The highest BCUT2D eigenvalue weighted by atomic mass is 35.5. The Bertz CT molecular complexity index is 981. The topological polar surface area (TPSA) is 60.5 Å². The van der Waals surface area contributed by atoms with Crippen LogP contribution in [0.4, 0.5) is 5.69 Å². The van der Waals surface area contributed by atoms with Gasteiger partial charge in [-0.1, -0.05) is 35.3 Å². The lowest BCUT2D eigenvalue weighted by molar-refractivity contribution is -0.116. The Hall–Kier alpha value is -2.76. The van der Waals surface area contributed by atoms with Gasteiger partial charge in [0, 0.05) is 30.6 Å². The molecule has 0 aliphatic rings. The highest BCUT2D eigenvalue weighted by Crippen LogP contribution is 2.31. The summed E-state index contributed by atoms with van der Waals surface area (Å²) in [4.78, 5) is 16.3. The first-order valence-electron chi connectivity index (χ1n) is 8.99. The van der Waals surface area contributed by atoms with Crippen LogP contribution >= 0.6 is 23.2 Å². The van der Waals surface area contributed by atoms with Crippen molar-refractivity contribution in [2.24, 2.45) is 0 Å². The Morgan fingerprint density at radius 1 is 1.07 bits per heavy atom. The molecule has 0 bridgehead atoms. The Morgan fingerprint density at radius 2 is 1.86 bits per heavy atom. The van der Waals surface area contributed by atoms with Gasteiger partial charge in [0.05, 0.1) is 17.2 Å².